The fourth-order valence-electron chi connectivity index (χ4n) is 1.47. The van der Waals surface area contributed by atoms with E-state index in [1.165, 1.54) is 6.92 Å². The van der Waals surface area contributed by atoms with Crippen LogP contribution in [0.3, 0.4) is 0 Å². The van der Waals surface area contributed by atoms with Crippen LogP contribution in [0.2, 0.25) is 19.6 Å². The van der Waals surface area contributed by atoms with E-state index >= 15 is 0 Å². The van der Waals surface area contributed by atoms with Crippen molar-refractivity contribution >= 4 is 14.0 Å². The zero-order valence-corrected chi connectivity index (χ0v) is 13.2. The van der Waals surface area contributed by atoms with E-state index < -0.39 is 13.7 Å². The third-order valence-corrected chi connectivity index (χ3v) is 3.27. The van der Waals surface area contributed by atoms with Gasteiger partial charge in [-0.05, 0) is 26.2 Å². The number of unbranched alkanes of at least 4 members (excludes halogenated alkanes) is 2. The first-order chi connectivity index (χ1) is 8.18. The van der Waals surface area contributed by atoms with E-state index in [0.717, 1.165) is 19.3 Å². The second kappa shape index (κ2) is 7.29. The molecule has 0 fully saturated rings. The van der Waals surface area contributed by atoms with Gasteiger partial charge in [0.25, 0.3) is 0 Å². The lowest BCUT2D eigenvalue weighted by Gasteiger charge is -2.22. The summed E-state index contributed by atoms with van der Waals surface area (Å²) in [5.74, 6) is 5.45. The predicted octanol–water partition coefficient (Wildman–Crippen LogP) is 3.38. The van der Waals surface area contributed by atoms with Gasteiger partial charge in [0, 0.05) is 13.3 Å². The van der Waals surface area contributed by atoms with E-state index in [-0.39, 0.29) is 5.97 Å². The standard InChI is InChI=1S/C15H24O2Si/c1-7-15(3,17-14(2)16)12-10-8-9-11-13-18(4,5)6/h1H,8-10,12H2,2-6H3. The molecule has 0 aliphatic rings. The van der Waals surface area contributed by atoms with Crippen LogP contribution in [-0.2, 0) is 9.53 Å². The Bertz CT molecular complexity index is 376. The molecule has 18 heavy (non-hydrogen) atoms. The Morgan fingerprint density at radius 1 is 1.33 bits per heavy atom. The summed E-state index contributed by atoms with van der Waals surface area (Å²) in [7, 11) is -1.25. The van der Waals surface area contributed by atoms with Gasteiger partial charge in [-0.1, -0.05) is 25.6 Å². The Morgan fingerprint density at radius 3 is 2.39 bits per heavy atom. The SMILES string of the molecule is C#CC(C)(CCCCC#C[Si](C)(C)C)OC(C)=O. The van der Waals surface area contributed by atoms with Crippen LogP contribution in [0.1, 0.15) is 39.5 Å². The molecule has 0 aromatic carbocycles. The molecule has 0 aromatic heterocycles. The molecular weight excluding hydrogens is 240 g/mol. The van der Waals surface area contributed by atoms with Gasteiger partial charge in [-0.3, -0.25) is 4.79 Å². The van der Waals surface area contributed by atoms with Gasteiger partial charge in [-0.2, -0.15) is 0 Å². The van der Waals surface area contributed by atoms with Gasteiger partial charge in [0.15, 0.2) is 5.60 Å². The molecule has 0 N–H and O–H groups in total. The summed E-state index contributed by atoms with van der Waals surface area (Å²) in [6, 6.07) is 0. The molecule has 0 saturated heterocycles. The molecule has 1 atom stereocenters. The molecule has 3 heteroatoms. The summed E-state index contributed by atoms with van der Waals surface area (Å²) in [6.45, 7) is 9.86. The summed E-state index contributed by atoms with van der Waals surface area (Å²) in [6.07, 6.45) is 8.91. The molecule has 0 radical (unpaired) electrons. The Morgan fingerprint density at radius 2 is 1.94 bits per heavy atom. The fourth-order valence-corrected chi connectivity index (χ4v) is 2.13. The summed E-state index contributed by atoms with van der Waals surface area (Å²) in [5, 5.41) is 0. The van der Waals surface area contributed by atoms with E-state index in [4.69, 9.17) is 11.2 Å². The molecule has 100 valence electrons. The van der Waals surface area contributed by atoms with Gasteiger partial charge in [0.1, 0.15) is 8.07 Å². The molecule has 0 heterocycles. The van der Waals surface area contributed by atoms with Crippen molar-refractivity contribution in [3.8, 4) is 23.8 Å². The lowest BCUT2D eigenvalue weighted by atomic mass is 9.99. The van der Waals surface area contributed by atoms with Crippen molar-refractivity contribution in [2.75, 3.05) is 0 Å². The minimum Gasteiger partial charge on any atom is -0.446 e. The molecule has 0 rings (SSSR count). The van der Waals surface area contributed by atoms with Crippen molar-refractivity contribution in [3.05, 3.63) is 0 Å². The number of ether oxygens (including phenoxy) is 1. The highest BCUT2D eigenvalue weighted by atomic mass is 28.3. The Balaban J connectivity index is 3.99. The molecule has 0 bridgehead atoms. The van der Waals surface area contributed by atoms with Gasteiger partial charge in [0.05, 0.1) is 0 Å². The normalized spacial score (nSPS) is 13.8. The highest BCUT2D eigenvalue weighted by molar-refractivity contribution is 6.83. The molecular formula is C15H24O2Si. The molecule has 1 unspecified atom stereocenters. The van der Waals surface area contributed by atoms with Gasteiger partial charge >= 0.3 is 5.97 Å². The number of rotatable bonds is 5. The van der Waals surface area contributed by atoms with Crippen molar-refractivity contribution in [2.24, 2.45) is 0 Å². The zero-order valence-electron chi connectivity index (χ0n) is 12.2. The van der Waals surface area contributed by atoms with Crippen LogP contribution < -0.4 is 0 Å². The Labute approximate surface area is 113 Å². The first-order valence-electron chi connectivity index (χ1n) is 6.36. The number of esters is 1. The Kier molecular flexibility index (Phi) is 6.80. The molecule has 0 amide bonds. The quantitative estimate of drug-likeness (QED) is 0.329. The van der Waals surface area contributed by atoms with E-state index in [2.05, 4.69) is 37.0 Å². The number of carbonyl (C=O) groups is 1. The summed E-state index contributed by atoms with van der Waals surface area (Å²) in [5.41, 5.74) is 2.56. The van der Waals surface area contributed by atoms with Crippen LogP contribution in [-0.4, -0.2) is 19.6 Å². The Hall–Kier alpha value is -1.19. The first-order valence-corrected chi connectivity index (χ1v) is 9.86. The molecule has 0 aromatic rings. The monoisotopic (exact) mass is 264 g/mol. The third kappa shape index (κ3) is 8.90. The minimum absolute atomic E-state index is 0.325. The summed E-state index contributed by atoms with van der Waals surface area (Å²) in [4.78, 5) is 10.9. The average Bonchev–Trinajstić information content (AvgIpc) is 2.20. The molecule has 0 aliphatic carbocycles. The fraction of sp³-hybridized carbons (Fsp3) is 0.667. The second-order valence-electron chi connectivity index (χ2n) is 5.73. The first kappa shape index (κ1) is 16.8. The molecule has 0 spiro atoms. The highest BCUT2D eigenvalue weighted by Gasteiger charge is 2.23. The van der Waals surface area contributed by atoms with Crippen LogP contribution in [0.15, 0.2) is 0 Å². The van der Waals surface area contributed by atoms with Crippen LogP contribution in [0.4, 0.5) is 0 Å². The third-order valence-electron chi connectivity index (χ3n) is 2.34. The number of terminal acetylenes is 1. The number of carbonyl (C=O) groups excluding carboxylic acids is 1. The van der Waals surface area contributed by atoms with Crippen molar-refractivity contribution in [1.82, 2.24) is 0 Å². The van der Waals surface area contributed by atoms with Gasteiger partial charge in [-0.25, -0.2) is 0 Å². The van der Waals surface area contributed by atoms with Crippen molar-refractivity contribution < 1.29 is 9.53 Å². The maximum absolute atomic E-state index is 10.9. The largest absolute Gasteiger partial charge is 0.446 e. The lowest BCUT2D eigenvalue weighted by molar-refractivity contribution is -0.150. The van der Waals surface area contributed by atoms with E-state index in [9.17, 15) is 4.79 Å². The lowest BCUT2D eigenvalue weighted by Crippen LogP contribution is -2.28. The predicted molar refractivity (Wildman–Crippen MR) is 78.6 cm³/mol. The van der Waals surface area contributed by atoms with Crippen molar-refractivity contribution in [3.63, 3.8) is 0 Å². The number of hydrogen-bond donors (Lipinski definition) is 0. The highest BCUT2D eigenvalue weighted by Crippen LogP contribution is 2.18. The smallest absolute Gasteiger partial charge is 0.304 e. The molecule has 0 saturated carbocycles. The maximum Gasteiger partial charge on any atom is 0.304 e. The van der Waals surface area contributed by atoms with Crippen molar-refractivity contribution in [2.45, 2.75) is 64.8 Å². The number of hydrogen-bond acceptors (Lipinski definition) is 2. The van der Waals surface area contributed by atoms with E-state index in [1.807, 2.05) is 0 Å². The summed E-state index contributed by atoms with van der Waals surface area (Å²) < 4.78 is 5.14. The second-order valence-corrected chi connectivity index (χ2v) is 10.5. The molecule has 2 nitrogen and oxygen atoms in total. The topological polar surface area (TPSA) is 26.3 Å². The minimum atomic E-state index is -1.25. The maximum atomic E-state index is 10.9. The van der Waals surface area contributed by atoms with Gasteiger partial charge in [0.2, 0.25) is 0 Å². The van der Waals surface area contributed by atoms with Gasteiger partial charge < -0.3 is 4.74 Å². The van der Waals surface area contributed by atoms with Crippen molar-refractivity contribution in [1.29, 1.82) is 0 Å². The van der Waals surface area contributed by atoms with E-state index in [1.54, 1.807) is 6.92 Å². The average molecular weight is 264 g/mol. The van der Waals surface area contributed by atoms with Crippen LogP contribution in [0, 0.1) is 23.8 Å². The zero-order chi connectivity index (χ0) is 14.2. The van der Waals surface area contributed by atoms with Crippen LogP contribution >= 0.6 is 0 Å². The molecule has 0 aliphatic heterocycles. The van der Waals surface area contributed by atoms with Crippen LogP contribution in [0.5, 0.6) is 0 Å². The summed E-state index contributed by atoms with van der Waals surface area (Å²) >= 11 is 0. The van der Waals surface area contributed by atoms with Gasteiger partial charge in [-0.15, -0.1) is 17.9 Å². The van der Waals surface area contributed by atoms with E-state index in [0.29, 0.717) is 6.42 Å². The van der Waals surface area contributed by atoms with Crippen LogP contribution in [0.25, 0.3) is 0 Å².